The number of aliphatic carboxylic acids is 1. The van der Waals surface area contributed by atoms with Gasteiger partial charge in [-0.1, -0.05) is 12.8 Å². The maximum absolute atomic E-state index is 11.2. The van der Waals surface area contributed by atoms with E-state index in [9.17, 15) is 9.90 Å². The normalized spacial score (nSPS) is 33.1. The van der Waals surface area contributed by atoms with E-state index in [0.717, 1.165) is 25.7 Å². The predicted octanol–water partition coefficient (Wildman–Crippen LogP) is 0.934. The quantitative estimate of drug-likeness (QED) is 0.744. The van der Waals surface area contributed by atoms with Gasteiger partial charge in [-0.25, -0.2) is 0 Å². The van der Waals surface area contributed by atoms with Gasteiger partial charge in [0.2, 0.25) is 0 Å². The van der Waals surface area contributed by atoms with Gasteiger partial charge in [0, 0.05) is 20.3 Å². The van der Waals surface area contributed by atoms with Crippen molar-refractivity contribution in [2.75, 3.05) is 27.3 Å². The van der Waals surface area contributed by atoms with Crippen molar-refractivity contribution >= 4 is 5.97 Å². The molecule has 1 N–H and O–H groups in total. The van der Waals surface area contributed by atoms with Crippen molar-refractivity contribution in [2.24, 2.45) is 5.92 Å². The molecule has 2 aliphatic rings. The molecule has 0 aromatic rings. The summed E-state index contributed by atoms with van der Waals surface area (Å²) in [6, 6.07) is 0.152. The van der Waals surface area contributed by atoms with Crippen molar-refractivity contribution in [3.05, 3.63) is 0 Å². The van der Waals surface area contributed by atoms with E-state index in [1.54, 1.807) is 14.2 Å². The Morgan fingerprint density at radius 2 is 1.82 bits per heavy atom. The molecular weight excluding hydrogens is 222 g/mol. The summed E-state index contributed by atoms with van der Waals surface area (Å²) in [6.45, 7) is 1.35. The average Bonchev–Trinajstić information content (AvgIpc) is 2.29. The van der Waals surface area contributed by atoms with Gasteiger partial charge in [0.15, 0.2) is 5.79 Å². The van der Waals surface area contributed by atoms with Crippen LogP contribution in [-0.4, -0.2) is 55.1 Å². The minimum Gasteiger partial charge on any atom is -0.481 e. The Morgan fingerprint density at radius 1 is 1.24 bits per heavy atom. The van der Waals surface area contributed by atoms with Crippen LogP contribution in [0.5, 0.6) is 0 Å². The fraction of sp³-hybridized carbons (Fsp3) is 0.917. The van der Waals surface area contributed by atoms with E-state index in [4.69, 9.17) is 9.47 Å². The minimum atomic E-state index is -0.665. The molecule has 0 bridgehead atoms. The first-order chi connectivity index (χ1) is 8.12. The molecule has 1 aliphatic carbocycles. The second-order valence-electron chi connectivity index (χ2n) is 5.02. The van der Waals surface area contributed by atoms with E-state index in [1.807, 2.05) is 0 Å². The lowest BCUT2D eigenvalue weighted by Gasteiger charge is -2.52. The van der Waals surface area contributed by atoms with Crippen LogP contribution in [0.1, 0.15) is 25.7 Å². The molecule has 2 fully saturated rings. The number of hydrogen-bond donors (Lipinski definition) is 1. The van der Waals surface area contributed by atoms with Gasteiger partial charge in [0.1, 0.15) is 0 Å². The van der Waals surface area contributed by atoms with Crippen molar-refractivity contribution in [2.45, 2.75) is 37.5 Å². The predicted molar refractivity (Wildman–Crippen MR) is 61.7 cm³/mol. The zero-order valence-electron chi connectivity index (χ0n) is 10.5. The number of carbonyl (C=O) groups is 1. The highest BCUT2D eigenvalue weighted by atomic mass is 16.7. The van der Waals surface area contributed by atoms with Crippen LogP contribution in [0.3, 0.4) is 0 Å². The topological polar surface area (TPSA) is 59.0 Å². The molecular formula is C12H21NO4. The third kappa shape index (κ3) is 2.32. The van der Waals surface area contributed by atoms with Crippen molar-refractivity contribution < 1.29 is 19.4 Å². The molecule has 0 aromatic carbocycles. The zero-order valence-corrected chi connectivity index (χ0v) is 10.5. The first-order valence-corrected chi connectivity index (χ1v) is 6.19. The van der Waals surface area contributed by atoms with Crippen LogP contribution in [-0.2, 0) is 14.3 Å². The number of hydrogen-bond acceptors (Lipinski definition) is 4. The number of carboxylic acid groups (broad SMARTS) is 1. The molecule has 98 valence electrons. The molecule has 0 aromatic heterocycles. The molecule has 5 nitrogen and oxygen atoms in total. The Bertz CT molecular complexity index is 282. The van der Waals surface area contributed by atoms with Crippen molar-refractivity contribution in [1.82, 2.24) is 4.90 Å². The number of methoxy groups -OCH3 is 2. The van der Waals surface area contributed by atoms with Crippen molar-refractivity contribution in [3.8, 4) is 0 Å². The molecule has 2 unspecified atom stereocenters. The van der Waals surface area contributed by atoms with Crippen LogP contribution < -0.4 is 0 Å². The molecule has 0 amide bonds. The second-order valence-corrected chi connectivity index (χ2v) is 5.02. The van der Waals surface area contributed by atoms with Crippen LogP contribution in [0, 0.1) is 5.92 Å². The number of ether oxygens (including phenoxy) is 2. The molecule has 1 aliphatic heterocycles. The van der Waals surface area contributed by atoms with Gasteiger partial charge in [0.25, 0.3) is 0 Å². The summed E-state index contributed by atoms with van der Waals surface area (Å²) in [5.74, 6) is -1.40. The third-order valence-corrected chi connectivity index (χ3v) is 4.15. The summed E-state index contributed by atoms with van der Waals surface area (Å²) in [5.41, 5.74) is 0. The van der Waals surface area contributed by atoms with Gasteiger partial charge in [-0.15, -0.1) is 0 Å². The first kappa shape index (κ1) is 12.8. The first-order valence-electron chi connectivity index (χ1n) is 6.19. The van der Waals surface area contributed by atoms with Crippen molar-refractivity contribution in [1.29, 1.82) is 0 Å². The standard InChI is InChI=1S/C12H21NO4/c1-16-12(17-2)7-13(8-12)10-6-4-3-5-9(10)11(14)15/h9-10H,3-8H2,1-2H3,(H,14,15). The van der Waals surface area contributed by atoms with E-state index < -0.39 is 11.8 Å². The van der Waals surface area contributed by atoms with E-state index in [1.165, 1.54) is 0 Å². The van der Waals surface area contributed by atoms with Gasteiger partial charge < -0.3 is 14.6 Å². The summed E-state index contributed by atoms with van der Waals surface area (Å²) in [4.78, 5) is 13.4. The molecule has 1 saturated carbocycles. The average molecular weight is 243 g/mol. The van der Waals surface area contributed by atoms with E-state index >= 15 is 0 Å². The zero-order chi connectivity index (χ0) is 12.5. The second kappa shape index (κ2) is 4.92. The number of carboxylic acids is 1. The SMILES string of the molecule is COC1(OC)CN(C2CCCCC2C(=O)O)C1. The smallest absolute Gasteiger partial charge is 0.308 e. The van der Waals surface area contributed by atoms with Gasteiger partial charge in [0.05, 0.1) is 19.0 Å². The Labute approximate surface area is 102 Å². The summed E-state index contributed by atoms with van der Waals surface area (Å²) in [7, 11) is 3.27. The van der Waals surface area contributed by atoms with Gasteiger partial charge in [-0.2, -0.15) is 0 Å². The van der Waals surface area contributed by atoms with Gasteiger partial charge >= 0.3 is 5.97 Å². The molecule has 1 heterocycles. The number of nitrogens with zero attached hydrogens (tertiary/aromatic N) is 1. The Balaban J connectivity index is 1.96. The molecule has 2 atom stereocenters. The van der Waals surface area contributed by atoms with E-state index in [2.05, 4.69) is 4.90 Å². The molecule has 5 heteroatoms. The monoisotopic (exact) mass is 243 g/mol. The largest absolute Gasteiger partial charge is 0.481 e. The number of rotatable bonds is 4. The van der Waals surface area contributed by atoms with Gasteiger partial charge in [-0.05, 0) is 12.8 Å². The molecule has 0 radical (unpaired) electrons. The van der Waals surface area contributed by atoms with Crippen LogP contribution in [0.2, 0.25) is 0 Å². The Kier molecular flexibility index (Phi) is 3.70. The van der Waals surface area contributed by atoms with Gasteiger partial charge in [-0.3, -0.25) is 9.69 Å². The molecule has 2 rings (SSSR count). The fourth-order valence-corrected chi connectivity index (χ4v) is 2.98. The highest BCUT2D eigenvalue weighted by molar-refractivity contribution is 5.71. The summed E-state index contributed by atoms with van der Waals surface area (Å²) >= 11 is 0. The van der Waals surface area contributed by atoms with Crippen LogP contribution in [0.4, 0.5) is 0 Å². The van der Waals surface area contributed by atoms with Crippen LogP contribution in [0.25, 0.3) is 0 Å². The fourth-order valence-electron chi connectivity index (χ4n) is 2.98. The maximum Gasteiger partial charge on any atom is 0.308 e. The van der Waals surface area contributed by atoms with E-state index in [-0.39, 0.29) is 12.0 Å². The summed E-state index contributed by atoms with van der Waals surface area (Å²) in [6.07, 6.45) is 3.92. The lowest BCUT2D eigenvalue weighted by molar-refractivity contribution is -0.285. The van der Waals surface area contributed by atoms with E-state index in [0.29, 0.717) is 13.1 Å². The Morgan fingerprint density at radius 3 is 2.35 bits per heavy atom. The summed E-state index contributed by atoms with van der Waals surface area (Å²) < 4.78 is 10.7. The maximum atomic E-state index is 11.2. The Hall–Kier alpha value is -0.650. The molecule has 0 spiro atoms. The van der Waals surface area contributed by atoms with Crippen LogP contribution >= 0.6 is 0 Å². The molecule has 17 heavy (non-hydrogen) atoms. The number of likely N-dealkylation sites (tertiary alicyclic amines) is 1. The highest BCUT2D eigenvalue weighted by Gasteiger charge is 2.49. The molecule has 1 saturated heterocycles. The van der Waals surface area contributed by atoms with Crippen molar-refractivity contribution in [3.63, 3.8) is 0 Å². The highest BCUT2D eigenvalue weighted by Crippen LogP contribution is 2.35. The third-order valence-electron chi connectivity index (χ3n) is 4.15. The lowest BCUT2D eigenvalue weighted by Crippen LogP contribution is -2.68. The summed E-state index contributed by atoms with van der Waals surface area (Å²) in [5, 5.41) is 9.23. The minimum absolute atomic E-state index is 0.152. The van der Waals surface area contributed by atoms with Crippen LogP contribution in [0.15, 0.2) is 0 Å². The lowest BCUT2D eigenvalue weighted by atomic mass is 9.81.